The molecule has 0 saturated carbocycles. The Bertz CT molecular complexity index is 592. The molecule has 0 unspecified atom stereocenters. The number of nitrogens with zero attached hydrogens (tertiary/aromatic N) is 2. The highest BCUT2D eigenvalue weighted by Crippen LogP contribution is 2.29. The number of aromatic nitrogens is 2. The average Bonchev–Trinajstić information content (AvgIpc) is 2.38. The number of nitrogens with one attached hydrogen (secondary N) is 1. The molecule has 19 heavy (non-hydrogen) atoms. The second kappa shape index (κ2) is 6.32. The van der Waals surface area contributed by atoms with E-state index in [0.29, 0.717) is 17.5 Å². The molecular weight excluding hydrogens is 330 g/mol. The van der Waals surface area contributed by atoms with Gasteiger partial charge in [-0.25, -0.2) is 9.97 Å². The van der Waals surface area contributed by atoms with Gasteiger partial charge in [0.2, 0.25) is 0 Å². The molecule has 2 rings (SSSR count). The number of hydrogen-bond donors (Lipinski definition) is 1. The molecule has 0 aliphatic rings. The maximum absolute atomic E-state index is 6.23. The fraction of sp³-hybridized carbons (Fsp3) is 0.231. The first kappa shape index (κ1) is 14.2. The molecule has 2 aromatic rings. The van der Waals surface area contributed by atoms with Crippen molar-refractivity contribution in [1.29, 1.82) is 0 Å². The van der Waals surface area contributed by atoms with Gasteiger partial charge in [-0.1, -0.05) is 27.5 Å². The van der Waals surface area contributed by atoms with Gasteiger partial charge >= 0.3 is 0 Å². The highest BCUT2D eigenvalue weighted by molar-refractivity contribution is 9.10. The van der Waals surface area contributed by atoms with Crippen LogP contribution in [0.4, 0.5) is 5.82 Å². The van der Waals surface area contributed by atoms with Gasteiger partial charge in [-0.05, 0) is 18.2 Å². The van der Waals surface area contributed by atoms with E-state index >= 15 is 0 Å². The summed E-state index contributed by atoms with van der Waals surface area (Å²) in [4.78, 5) is 8.87. The van der Waals surface area contributed by atoms with E-state index in [9.17, 15) is 0 Å². The van der Waals surface area contributed by atoms with Crippen LogP contribution in [0.1, 0.15) is 5.69 Å². The second-order valence-corrected chi connectivity index (χ2v) is 5.20. The normalized spacial score (nSPS) is 10.5. The third-order valence-corrected chi connectivity index (χ3v) is 3.31. The smallest absolute Gasteiger partial charge is 0.163 e. The first-order valence-corrected chi connectivity index (χ1v) is 6.81. The van der Waals surface area contributed by atoms with Gasteiger partial charge in [0.25, 0.3) is 0 Å². The topological polar surface area (TPSA) is 47.0 Å². The highest BCUT2D eigenvalue weighted by Gasteiger charge is 2.10. The van der Waals surface area contributed by atoms with E-state index < -0.39 is 0 Å². The molecular formula is C13H13BrClN3O. The number of rotatable bonds is 4. The zero-order valence-corrected chi connectivity index (χ0v) is 12.9. The Morgan fingerprint density at radius 3 is 2.74 bits per heavy atom. The molecule has 6 heteroatoms. The molecule has 100 valence electrons. The lowest BCUT2D eigenvalue weighted by Gasteiger charge is -2.09. The van der Waals surface area contributed by atoms with Gasteiger partial charge in [-0.3, -0.25) is 0 Å². The fourth-order valence-corrected chi connectivity index (χ4v) is 2.40. The van der Waals surface area contributed by atoms with Gasteiger partial charge in [0.1, 0.15) is 5.82 Å². The van der Waals surface area contributed by atoms with Gasteiger partial charge < -0.3 is 10.1 Å². The molecule has 0 amide bonds. The molecule has 0 bridgehead atoms. The number of hydrogen-bond acceptors (Lipinski definition) is 4. The molecule has 1 heterocycles. The summed E-state index contributed by atoms with van der Waals surface area (Å²) < 4.78 is 6.03. The zero-order valence-electron chi connectivity index (χ0n) is 10.6. The quantitative estimate of drug-likeness (QED) is 0.919. The molecule has 1 aromatic heterocycles. The number of benzene rings is 1. The van der Waals surface area contributed by atoms with Crippen LogP contribution in [0, 0.1) is 0 Å². The van der Waals surface area contributed by atoms with Gasteiger partial charge in [-0.2, -0.15) is 0 Å². The summed E-state index contributed by atoms with van der Waals surface area (Å²) in [6.07, 6.45) is 0. The van der Waals surface area contributed by atoms with E-state index in [1.54, 1.807) is 7.11 Å². The Hall–Kier alpha value is -1.17. The predicted molar refractivity (Wildman–Crippen MR) is 80.4 cm³/mol. The van der Waals surface area contributed by atoms with Crippen molar-refractivity contribution < 1.29 is 4.74 Å². The van der Waals surface area contributed by atoms with Crippen LogP contribution in [-0.2, 0) is 11.3 Å². The maximum atomic E-state index is 6.23. The van der Waals surface area contributed by atoms with E-state index in [1.165, 1.54) is 0 Å². The maximum Gasteiger partial charge on any atom is 0.163 e. The lowest BCUT2D eigenvalue weighted by molar-refractivity contribution is 0.181. The summed E-state index contributed by atoms with van der Waals surface area (Å²) >= 11 is 9.61. The number of halogens is 2. The van der Waals surface area contributed by atoms with Crippen LogP contribution in [-0.4, -0.2) is 24.1 Å². The summed E-state index contributed by atoms with van der Waals surface area (Å²) in [6, 6.07) is 7.46. The van der Waals surface area contributed by atoms with Crippen LogP contribution in [0.2, 0.25) is 5.02 Å². The molecule has 4 nitrogen and oxygen atoms in total. The molecule has 1 N–H and O–H groups in total. The number of ether oxygens (including phenoxy) is 1. The fourth-order valence-electron chi connectivity index (χ4n) is 1.64. The Labute approximate surface area is 125 Å². The van der Waals surface area contributed by atoms with Crippen molar-refractivity contribution in [2.24, 2.45) is 0 Å². The van der Waals surface area contributed by atoms with Gasteiger partial charge in [0, 0.05) is 30.3 Å². The Kier molecular flexibility index (Phi) is 4.74. The molecule has 0 aliphatic carbocycles. The van der Waals surface area contributed by atoms with Crippen molar-refractivity contribution in [3.05, 3.63) is 39.5 Å². The van der Waals surface area contributed by atoms with Crippen molar-refractivity contribution in [3.8, 4) is 11.4 Å². The lowest BCUT2D eigenvalue weighted by Crippen LogP contribution is -2.02. The Morgan fingerprint density at radius 2 is 2.11 bits per heavy atom. The van der Waals surface area contributed by atoms with E-state index in [-0.39, 0.29) is 0 Å². The average molecular weight is 343 g/mol. The van der Waals surface area contributed by atoms with Crippen LogP contribution in [0.25, 0.3) is 11.4 Å². The minimum absolute atomic E-state index is 0.429. The van der Waals surface area contributed by atoms with Gasteiger partial charge in [0.05, 0.1) is 17.3 Å². The first-order chi connectivity index (χ1) is 9.13. The summed E-state index contributed by atoms with van der Waals surface area (Å²) in [5.41, 5.74) is 1.59. The minimum atomic E-state index is 0.429. The van der Waals surface area contributed by atoms with Crippen LogP contribution >= 0.6 is 27.5 Å². The SMILES string of the molecule is CNc1cc(COC)nc(-c2ccc(Br)cc2Cl)n1. The summed E-state index contributed by atoms with van der Waals surface area (Å²) in [5, 5.41) is 3.61. The first-order valence-electron chi connectivity index (χ1n) is 5.64. The minimum Gasteiger partial charge on any atom is -0.378 e. The van der Waals surface area contributed by atoms with Crippen LogP contribution in [0.3, 0.4) is 0 Å². The van der Waals surface area contributed by atoms with Gasteiger partial charge in [-0.15, -0.1) is 0 Å². The molecule has 0 fully saturated rings. The van der Waals surface area contributed by atoms with Crippen molar-refractivity contribution in [3.63, 3.8) is 0 Å². The van der Waals surface area contributed by atoms with Crippen LogP contribution < -0.4 is 5.32 Å². The number of anilines is 1. The standard InChI is InChI=1S/C13H13BrClN3O/c1-16-12-6-9(7-19-2)17-13(18-12)10-4-3-8(14)5-11(10)15/h3-6H,7H2,1-2H3,(H,16,17,18). The van der Waals surface area contributed by atoms with Crippen molar-refractivity contribution in [1.82, 2.24) is 9.97 Å². The Balaban J connectivity index is 2.51. The Morgan fingerprint density at radius 1 is 1.32 bits per heavy atom. The third kappa shape index (κ3) is 3.43. The molecule has 0 saturated heterocycles. The van der Waals surface area contributed by atoms with Crippen LogP contribution in [0.5, 0.6) is 0 Å². The summed E-state index contributed by atoms with van der Waals surface area (Å²) in [6.45, 7) is 0.429. The van der Waals surface area contributed by atoms with E-state index in [4.69, 9.17) is 16.3 Å². The van der Waals surface area contributed by atoms with Crippen molar-refractivity contribution in [2.45, 2.75) is 6.61 Å². The molecule has 0 radical (unpaired) electrons. The molecule has 0 atom stereocenters. The van der Waals surface area contributed by atoms with E-state index in [0.717, 1.165) is 21.5 Å². The monoisotopic (exact) mass is 341 g/mol. The predicted octanol–water partition coefficient (Wildman–Crippen LogP) is 3.75. The van der Waals surface area contributed by atoms with Crippen LogP contribution in [0.15, 0.2) is 28.7 Å². The van der Waals surface area contributed by atoms with E-state index in [1.807, 2.05) is 31.3 Å². The van der Waals surface area contributed by atoms with Crippen molar-refractivity contribution >= 4 is 33.3 Å². The number of methoxy groups -OCH3 is 1. The van der Waals surface area contributed by atoms with Crippen molar-refractivity contribution in [2.75, 3.05) is 19.5 Å². The molecule has 0 aliphatic heterocycles. The molecule has 0 spiro atoms. The van der Waals surface area contributed by atoms with Gasteiger partial charge in [0.15, 0.2) is 5.82 Å². The highest BCUT2D eigenvalue weighted by atomic mass is 79.9. The molecule has 1 aromatic carbocycles. The summed E-state index contributed by atoms with van der Waals surface area (Å²) in [5.74, 6) is 1.31. The third-order valence-electron chi connectivity index (χ3n) is 2.50. The summed E-state index contributed by atoms with van der Waals surface area (Å²) in [7, 11) is 3.44. The lowest BCUT2D eigenvalue weighted by atomic mass is 10.2. The zero-order chi connectivity index (χ0) is 13.8. The second-order valence-electron chi connectivity index (χ2n) is 3.88. The largest absolute Gasteiger partial charge is 0.378 e. The van der Waals surface area contributed by atoms with E-state index in [2.05, 4.69) is 31.2 Å².